The van der Waals surface area contributed by atoms with Crippen molar-refractivity contribution in [3.8, 4) is 0 Å². The zero-order valence-electron chi connectivity index (χ0n) is 8.34. The van der Waals surface area contributed by atoms with Gasteiger partial charge in [-0.1, -0.05) is 36.4 Å². The van der Waals surface area contributed by atoms with E-state index in [1.807, 2.05) is 12.1 Å². The van der Waals surface area contributed by atoms with Gasteiger partial charge in [0.15, 0.2) is 0 Å². The Morgan fingerprint density at radius 3 is 2.73 bits per heavy atom. The number of fused-ring (bicyclic) bond motifs is 1. The second-order valence-electron chi connectivity index (χ2n) is 3.96. The molecule has 0 spiro atoms. The summed E-state index contributed by atoms with van der Waals surface area (Å²) in [6.07, 6.45) is 3.29. The Morgan fingerprint density at radius 2 is 2.07 bits per heavy atom. The molecule has 0 radical (unpaired) electrons. The van der Waals surface area contributed by atoms with E-state index in [4.69, 9.17) is 5.11 Å². The molecule has 0 amide bonds. The molecule has 1 aliphatic carbocycles. The Balaban J connectivity index is 2.60. The number of aliphatic carboxylic acids is 1. The van der Waals surface area contributed by atoms with Gasteiger partial charge in [-0.2, -0.15) is 0 Å². The van der Waals surface area contributed by atoms with Gasteiger partial charge < -0.3 is 10.2 Å². The van der Waals surface area contributed by atoms with Crippen LogP contribution >= 0.6 is 0 Å². The van der Waals surface area contributed by atoms with Gasteiger partial charge >= 0.3 is 5.97 Å². The first kappa shape index (κ1) is 9.93. The van der Waals surface area contributed by atoms with Crippen molar-refractivity contribution in [1.29, 1.82) is 0 Å². The second kappa shape index (κ2) is 3.21. The lowest BCUT2D eigenvalue weighted by Crippen LogP contribution is -2.37. The van der Waals surface area contributed by atoms with Crippen molar-refractivity contribution in [2.24, 2.45) is 0 Å². The molecule has 0 bridgehead atoms. The highest BCUT2D eigenvalue weighted by atomic mass is 16.4. The maximum atomic E-state index is 11.1. The van der Waals surface area contributed by atoms with E-state index in [1.54, 1.807) is 18.2 Å². The summed E-state index contributed by atoms with van der Waals surface area (Å²) in [5.74, 6) is -1.89. The fourth-order valence-corrected chi connectivity index (χ4v) is 1.98. The molecule has 3 nitrogen and oxygen atoms in total. The zero-order chi connectivity index (χ0) is 11.1. The third-order valence-corrected chi connectivity index (χ3v) is 2.74. The fourth-order valence-electron chi connectivity index (χ4n) is 1.98. The van der Waals surface area contributed by atoms with Crippen LogP contribution in [0.1, 0.15) is 24.0 Å². The van der Waals surface area contributed by atoms with E-state index in [9.17, 15) is 9.90 Å². The maximum absolute atomic E-state index is 11.1. The first-order chi connectivity index (χ1) is 7.02. The lowest BCUT2D eigenvalue weighted by molar-refractivity contribution is -0.143. The molecule has 0 heterocycles. The van der Waals surface area contributed by atoms with Crippen LogP contribution in [0.5, 0.6) is 0 Å². The molecule has 2 unspecified atom stereocenters. The molecule has 1 aromatic rings. The maximum Gasteiger partial charge on any atom is 0.314 e. The smallest absolute Gasteiger partial charge is 0.314 e. The predicted octanol–water partition coefficient (Wildman–Crippen LogP) is 1.63. The standard InChI is InChI=1S/C12H12O3/c1-12(15)7-6-8-4-2-3-5-9(8)10(12)11(13)14/h2-7,10,15H,1H3,(H,13,14). The van der Waals surface area contributed by atoms with Crippen molar-refractivity contribution in [2.75, 3.05) is 0 Å². The van der Waals surface area contributed by atoms with Gasteiger partial charge in [0.25, 0.3) is 0 Å². The van der Waals surface area contributed by atoms with Crippen LogP contribution in [-0.2, 0) is 4.79 Å². The Bertz CT molecular complexity index is 432. The number of hydrogen-bond acceptors (Lipinski definition) is 2. The van der Waals surface area contributed by atoms with Crippen molar-refractivity contribution in [1.82, 2.24) is 0 Å². The zero-order valence-corrected chi connectivity index (χ0v) is 8.34. The van der Waals surface area contributed by atoms with Gasteiger partial charge in [-0.25, -0.2) is 0 Å². The highest BCUT2D eigenvalue weighted by Crippen LogP contribution is 2.36. The Hall–Kier alpha value is -1.61. The minimum Gasteiger partial charge on any atom is -0.481 e. The first-order valence-corrected chi connectivity index (χ1v) is 4.76. The SMILES string of the molecule is CC1(O)C=Cc2ccccc2C1C(=O)O. The van der Waals surface area contributed by atoms with Gasteiger partial charge in [0.2, 0.25) is 0 Å². The van der Waals surface area contributed by atoms with E-state index < -0.39 is 17.5 Å². The lowest BCUT2D eigenvalue weighted by atomic mass is 9.77. The Morgan fingerprint density at radius 1 is 1.40 bits per heavy atom. The molecule has 1 aromatic carbocycles. The molecule has 0 saturated carbocycles. The van der Waals surface area contributed by atoms with E-state index in [-0.39, 0.29) is 0 Å². The van der Waals surface area contributed by atoms with Crippen LogP contribution in [0.15, 0.2) is 30.3 Å². The topological polar surface area (TPSA) is 57.5 Å². The summed E-state index contributed by atoms with van der Waals surface area (Å²) in [5.41, 5.74) is 0.203. The molecule has 0 aliphatic heterocycles. The molecule has 78 valence electrons. The highest BCUT2D eigenvalue weighted by molar-refractivity contribution is 5.82. The minimum absolute atomic E-state index is 0.664. The Kier molecular flexibility index (Phi) is 2.12. The summed E-state index contributed by atoms with van der Waals surface area (Å²) in [7, 11) is 0. The van der Waals surface area contributed by atoms with E-state index in [0.717, 1.165) is 5.56 Å². The number of carboxylic acid groups (broad SMARTS) is 1. The van der Waals surface area contributed by atoms with Crippen LogP contribution in [0.2, 0.25) is 0 Å². The van der Waals surface area contributed by atoms with Gasteiger partial charge in [0.1, 0.15) is 5.92 Å². The third-order valence-electron chi connectivity index (χ3n) is 2.74. The number of hydrogen-bond donors (Lipinski definition) is 2. The van der Waals surface area contributed by atoms with E-state index in [1.165, 1.54) is 13.0 Å². The lowest BCUT2D eigenvalue weighted by Gasteiger charge is -2.31. The van der Waals surface area contributed by atoms with Crippen molar-refractivity contribution >= 4 is 12.0 Å². The molecule has 15 heavy (non-hydrogen) atoms. The summed E-state index contributed by atoms with van der Waals surface area (Å²) in [5, 5.41) is 19.1. The number of carboxylic acids is 1. The van der Waals surface area contributed by atoms with Gasteiger partial charge in [-0.15, -0.1) is 0 Å². The van der Waals surface area contributed by atoms with Crippen molar-refractivity contribution < 1.29 is 15.0 Å². The quantitative estimate of drug-likeness (QED) is 0.731. The van der Waals surface area contributed by atoms with Crippen LogP contribution in [0.25, 0.3) is 6.08 Å². The summed E-state index contributed by atoms with van der Waals surface area (Å²) in [4.78, 5) is 11.1. The minimum atomic E-state index is -1.32. The predicted molar refractivity (Wildman–Crippen MR) is 56.5 cm³/mol. The van der Waals surface area contributed by atoms with E-state index in [2.05, 4.69) is 0 Å². The largest absolute Gasteiger partial charge is 0.481 e. The van der Waals surface area contributed by atoms with E-state index in [0.29, 0.717) is 5.56 Å². The average Bonchev–Trinajstić information content (AvgIpc) is 2.15. The van der Waals surface area contributed by atoms with Crippen molar-refractivity contribution in [2.45, 2.75) is 18.4 Å². The monoisotopic (exact) mass is 204 g/mol. The summed E-state index contributed by atoms with van der Waals surface area (Å²) < 4.78 is 0. The van der Waals surface area contributed by atoms with E-state index >= 15 is 0 Å². The van der Waals surface area contributed by atoms with Crippen molar-refractivity contribution in [3.05, 3.63) is 41.5 Å². The Labute approximate surface area is 87.7 Å². The summed E-state index contributed by atoms with van der Waals surface area (Å²) in [6.45, 7) is 1.51. The van der Waals surface area contributed by atoms with Gasteiger partial charge in [-0.3, -0.25) is 4.79 Å². The number of rotatable bonds is 1. The molecular weight excluding hydrogens is 192 g/mol. The average molecular weight is 204 g/mol. The third kappa shape index (κ3) is 1.55. The van der Waals surface area contributed by atoms with Crippen LogP contribution in [-0.4, -0.2) is 21.8 Å². The molecule has 3 heteroatoms. The number of aliphatic hydroxyl groups is 1. The molecule has 1 aliphatic rings. The van der Waals surface area contributed by atoms with Gasteiger partial charge in [0.05, 0.1) is 5.60 Å². The molecule has 2 rings (SSSR count). The molecule has 0 saturated heterocycles. The fraction of sp³-hybridized carbons (Fsp3) is 0.250. The first-order valence-electron chi connectivity index (χ1n) is 4.76. The van der Waals surface area contributed by atoms with Crippen molar-refractivity contribution in [3.63, 3.8) is 0 Å². The molecule has 0 fully saturated rings. The van der Waals surface area contributed by atoms with Crippen LogP contribution < -0.4 is 0 Å². The van der Waals surface area contributed by atoms with Crippen LogP contribution in [0, 0.1) is 0 Å². The van der Waals surface area contributed by atoms with Gasteiger partial charge in [0, 0.05) is 0 Å². The normalized spacial score (nSPS) is 28.5. The molecular formula is C12H12O3. The molecule has 0 aromatic heterocycles. The molecule has 2 atom stereocenters. The summed E-state index contributed by atoms with van der Waals surface area (Å²) in [6, 6.07) is 7.22. The number of carbonyl (C=O) groups is 1. The highest BCUT2D eigenvalue weighted by Gasteiger charge is 2.39. The van der Waals surface area contributed by atoms with Gasteiger partial charge in [-0.05, 0) is 18.1 Å². The van der Waals surface area contributed by atoms with Crippen LogP contribution in [0.4, 0.5) is 0 Å². The second-order valence-corrected chi connectivity index (χ2v) is 3.96. The summed E-state index contributed by atoms with van der Waals surface area (Å²) >= 11 is 0. The molecule has 2 N–H and O–H groups in total. The van der Waals surface area contributed by atoms with Crippen LogP contribution in [0.3, 0.4) is 0 Å². The number of benzene rings is 1.